The summed E-state index contributed by atoms with van der Waals surface area (Å²) in [5, 5.41) is 5.82. The Labute approximate surface area is 165 Å². The highest BCUT2D eigenvalue weighted by Crippen LogP contribution is 2.15. The van der Waals surface area contributed by atoms with Crippen LogP contribution in [0.1, 0.15) is 43.0 Å². The van der Waals surface area contributed by atoms with Crippen molar-refractivity contribution in [2.75, 3.05) is 5.32 Å². The lowest BCUT2D eigenvalue weighted by Crippen LogP contribution is -2.23. The minimum Gasteiger partial charge on any atom is -0.348 e. The SMILES string of the molecule is Cc1cc(C)cc(NC(=O)c2ccc(C(=O)NCc3ccccc3C)cc2)c1. The maximum atomic E-state index is 12.5. The smallest absolute Gasteiger partial charge is 0.255 e. The fourth-order valence-corrected chi connectivity index (χ4v) is 3.11. The van der Waals surface area contributed by atoms with Crippen molar-refractivity contribution in [2.45, 2.75) is 27.3 Å². The molecule has 0 aromatic heterocycles. The van der Waals surface area contributed by atoms with Crippen molar-refractivity contribution in [1.29, 1.82) is 0 Å². The summed E-state index contributed by atoms with van der Waals surface area (Å²) in [6.07, 6.45) is 0. The largest absolute Gasteiger partial charge is 0.348 e. The molecule has 4 nitrogen and oxygen atoms in total. The van der Waals surface area contributed by atoms with E-state index in [1.54, 1.807) is 24.3 Å². The monoisotopic (exact) mass is 372 g/mol. The molecule has 0 bridgehead atoms. The molecule has 0 saturated heterocycles. The van der Waals surface area contributed by atoms with E-state index in [4.69, 9.17) is 0 Å². The molecular weight excluding hydrogens is 348 g/mol. The topological polar surface area (TPSA) is 58.2 Å². The van der Waals surface area contributed by atoms with Gasteiger partial charge in [-0.25, -0.2) is 0 Å². The normalized spacial score (nSPS) is 10.4. The molecule has 4 heteroatoms. The molecule has 0 aliphatic carbocycles. The molecule has 3 aromatic carbocycles. The molecule has 2 N–H and O–H groups in total. The molecule has 0 saturated carbocycles. The van der Waals surface area contributed by atoms with Gasteiger partial charge in [0.25, 0.3) is 11.8 Å². The second kappa shape index (κ2) is 8.53. The van der Waals surface area contributed by atoms with E-state index >= 15 is 0 Å². The first-order valence-corrected chi connectivity index (χ1v) is 9.25. The molecule has 2 amide bonds. The Morgan fingerprint density at radius 1 is 0.750 bits per heavy atom. The third-order valence-electron chi connectivity index (χ3n) is 4.59. The van der Waals surface area contributed by atoms with Gasteiger partial charge in [0.1, 0.15) is 0 Å². The van der Waals surface area contributed by atoms with Crippen molar-refractivity contribution in [3.63, 3.8) is 0 Å². The van der Waals surface area contributed by atoms with Gasteiger partial charge in [-0.15, -0.1) is 0 Å². The standard InChI is InChI=1S/C24H24N2O2/c1-16-12-17(2)14-22(13-16)26-24(28)20-10-8-19(9-11-20)23(27)25-15-21-7-5-4-6-18(21)3/h4-14H,15H2,1-3H3,(H,25,27)(H,26,28). The highest BCUT2D eigenvalue weighted by molar-refractivity contribution is 6.05. The molecule has 0 aliphatic rings. The predicted octanol–water partition coefficient (Wildman–Crippen LogP) is 4.79. The number of carbonyl (C=O) groups is 2. The zero-order chi connectivity index (χ0) is 20.1. The number of benzene rings is 3. The first-order chi connectivity index (χ1) is 13.4. The van der Waals surface area contributed by atoms with Gasteiger partial charge in [0.05, 0.1) is 0 Å². The van der Waals surface area contributed by atoms with Gasteiger partial charge in [-0.3, -0.25) is 9.59 Å². The van der Waals surface area contributed by atoms with Crippen molar-refractivity contribution in [3.8, 4) is 0 Å². The third kappa shape index (κ3) is 4.86. The first kappa shape index (κ1) is 19.4. The Kier molecular flexibility index (Phi) is 5.90. The fourth-order valence-electron chi connectivity index (χ4n) is 3.11. The Balaban J connectivity index is 1.63. The van der Waals surface area contributed by atoms with Crippen LogP contribution in [0.25, 0.3) is 0 Å². The summed E-state index contributed by atoms with van der Waals surface area (Å²) in [5.74, 6) is -0.360. The van der Waals surface area contributed by atoms with Crippen LogP contribution in [0.2, 0.25) is 0 Å². The quantitative estimate of drug-likeness (QED) is 0.676. The molecule has 0 radical (unpaired) electrons. The molecule has 0 unspecified atom stereocenters. The molecule has 3 aromatic rings. The number of amides is 2. The van der Waals surface area contributed by atoms with Gasteiger partial charge in [0.2, 0.25) is 0 Å². The van der Waals surface area contributed by atoms with Gasteiger partial charge in [0, 0.05) is 23.4 Å². The molecule has 0 aliphatic heterocycles. The number of rotatable bonds is 5. The lowest BCUT2D eigenvalue weighted by Gasteiger charge is -2.09. The fraction of sp³-hybridized carbons (Fsp3) is 0.167. The van der Waals surface area contributed by atoms with E-state index in [0.29, 0.717) is 17.7 Å². The number of nitrogens with one attached hydrogen (secondary N) is 2. The average molecular weight is 372 g/mol. The van der Waals surface area contributed by atoms with Crippen molar-refractivity contribution >= 4 is 17.5 Å². The molecule has 142 valence electrons. The van der Waals surface area contributed by atoms with Crippen LogP contribution in [0.3, 0.4) is 0 Å². The van der Waals surface area contributed by atoms with Gasteiger partial charge in [0.15, 0.2) is 0 Å². The van der Waals surface area contributed by atoms with Crippen LogP contribution in [0, 0.1) is 20.8 Å². The Hall–Kier alpha value is -3.40. The zero-order valence-electron chi connectivity index (χ0n) is 16.4. The minimum absolute atomic E-state index is 0.162. The number of hydrogen-bond acceptors (Lipinski definition) is 2. The number of aryl methyl sites for hydroxylation is 3. The third-order valence-corrected chi connectivity index (χ3v) is 4.59. The van der Waals surface area contributed by atoms with Crippen molar-refractivity contribution in [1.82, 2.24) is 5.32 Å². The second-order valence-electron chi connectivity index (χ2n) is 7.02. The summed E-state index contributed by atoms with van der Waals surface area (Å²) in [7, 11) is 0. The molecule has 0 heterocycles. The van der Waals surface area contributed by atoms with E-state index in [9.17, 15) is 9.59 Å². The molecule has 28 heavy (non-hydrogen) atoms. The zero-order valence-corrected chi connectivity index (χ0v) is 16.4. The van der Waals surface area contributed by atoms with Crippen LogP contribution in [-0.4, -0.2) is 11.8 Å². The summed E-state index contributed by atoms with van der Waals surface area (Å²) in [5.41, 5.74) is 6.21. The van der Waals surface area contributed by atoms with Crippen LogP contribution in [0.15, 0.2) is 66.7 Å². The first-order valence-electron chi connectivity index (χ1n) is 9.25. The van der Waals surface area contributed by atoms with Crippen molar-refractivity contribution in [2.24, 2.45) is 0 Å². The van der Waals surface area contributed by atoms with E-state index in [1.165, 1.54) is 0 Å². The predicted molar refractivity (Wildman–Crippen MR) is 113 cm³/mol. The van der Waals surface area contributed by atoms with E-state index < -0.39 is 0 Å². The van der Waals surface area contributed by atoms with Gasteiger partial charge >= 0.3 is 0 Å². The maximum absolute atomic E-state index is 12.5. The van der Waals surface area contributed by atoms with Crippen LogP contribution in [-0.2, 0) is 6.54 Å². The number of carbonyl (C=O) groups excluding carboxylic acids is 2. The van der Waals surface area contributed by atoms with Crippen molar-refractivity contribution in [3.05, 3.63) is 100 Å². The van der Waals surface area contributed by atoms with Crippen LogP contribution < -0.4 is 10.6 Å². The lowest BCUT2D eigenvalue weighted by atomic mass is 10.1. The van der Waals surface area contributed by atoms with Crippen LogP contribution in [0.4, 0.5) is 5.69 Å². The summed E-state index contributed by atoms with van der Waals surface area (Å²) in [6.45, 7) is 6.48. The van der Waals surface area contributed by atoms with Crippen LogP contribution >= 0.6 is 0 Å². The summed E-state index contributed by atoms with van der Waals surface area (Å²) >= 11 is 0. The van der Waals surface area contributed by atoms with Gasteiger partial charge in [-0.2, -0.15) is 0 Å². The summed E-state index contributed by atoms with van der Waals surface area (Å²) < 4.78 is 0. The van der Waals surface area contributed by atoms with Crippen LogP contribution in [0.5, 0.6) is 0 Å². The molecule has 0 atom stereocenters. The Morgan fingerprint density at radius 2 is 1.32 bits per heavy atom. The highest BCUT2D eigenvalue weighted by Gasteiger charge is 2.10. The summed E-state index contributed by atoms with van der Waals surface area (Å²) in [6, 6.07) is 20.5. The number of hydrogen-bond donors (Lipinski definition) is 2. The molecular formula is C24H24N2O2. The minimum atomic E-state index is -0.197. The van der Waals surface area contributed by atoms with Gasteiger partial charge in [-0.1, -0.05) is 30.3 Å². The average Bonchev–Trinajstić information content (AvgIpc) is 2.66. The van der Waals surface area contributed by atoms with Gasteiger partial charge in [-0.05, 0) is 79.4 Å². The van der Waals surface area contributed by atoms with Crippen molar-refractivity contribution < 1.29 is 9.59 Å². The Bertz CT molecular complexity index is 987. The van der Waals surface area contributed by atoms with E-state index in [-0.39, 0.29) is 11.8 Å². The van der Waals surface area contributed by atoms with E-state index in [2.05, 4.69) is 16.7 Å². The van der Waals surface area contributed by atoms with E-state index in [1.807, 2.05) is 57.2 Å². The Morgan fingerprint density at radius 3 is 1.93 bits per heavy atom. The molecule has 0 spiro atoms. The molecule has 3 rings (SSSR count). The van der Waals surface area contributed by atoms with Gasteiger partial charge < -0.3 is 10.6 Å². The highest BCUT2D eigenvalue weighted by atomic mass is 16.2. The lowest BCUT2D eigenvalue weighted by molar-refractivity contribution is 0.0949. The summed E-state index contributed by atoms with van der Waals surface area (Å²) in [4.78, 5) is 24.8. The molecule has 0 fully saturated rings. The van der Waals surface area contributed by atoms with E-state index in [0.717, 1.165) is 27.9 Å². The second-order valence-corrected chi connectivity index (χ2v) is 7.02. The number of anilines is 1. The maximum Gasteiger partial charge on any atom is 0.255 e.